The van der Waals surface area contributed by atoms with E-state index in [0.717, 1.165) is 15.8 Å². The van der Waals surface area contributed by atoms with E-state index in [1.165, 1.54) is 0 Å². The van der Waals surface area contributed by atoms with Gasteiger partial charge in [0.15, 0.2) is 6.61 Å². The number of aromatic nitrogens is 1. The number of rotatable bonds is 5. The van der Waals surface area contributed by atoms with Crippen LogP contribution in [-0.2, 0) is 19.1 Å². The third-order valence-corrected chi connectivity index (χ3v) is 5.14. The zero-order valence-electron chi connectivity index (χ0n) is 14.5. The number of ether oxygens (including phenoxy) is 1. The first-order valence-corrected chi connectivity index (χ1v) is 8.81. The number of esters is 1. The number of aromatic amines is 1. The third-order valence-electron chi connectivity index (χ3n) is 5.14. The fourth-order valence-electron chi connectivity index (χ4n) is 3.73. The van der Waals surface area contributed by atoms with Crippen molar-refractivity contribution in [3.63, 3.8) is 0 Å². The molecule has 1 aliphatic carbocycles. The number of allylic oxidation sites excluding steroid dienone is 2. The maximum Gasteiger partial charge on any atom is 0.326 e. The molecular weight excluding hydrogens is 348 g/mol. The van der Waals surface area contributed by atoms with E-state index in [1.807, 2.05) is 30.4 Å². The van der Waals surface area contributed by atoms with Crippen LogP contribution in [0.2, 0.25) is 0 Å². The van der Waals surface area contributed by atoms with Crippen LogP contribution < -0.4 is 0 Å². The number of imide groups is 1. The molecule has 2 amide bonds. The van der Waals surface area contributed by atoms with Crippen molar-refractivity contribution in [2.75, 3.05) is 13.2 Å². The molecule has 7 heteroatoms. The molecule has 1 aliphatic heterocycles. The summed E-state index contributed by atoms with van der Waals surface area (Å²) in [5, 5.41) is 0.750. The number of H-pyrrole nitrogens is 1. The Morgan fingerprint density at radius 2 is 1.74 bits per heavy atom. The largest absolute Gasteiger partial charge is 0.456 e. The summed E-state index contributed by atoms with van der Waals surface area (Å²) in [4.78, 5) is 53.1. The lowest BCUT2D eigenvalue weighted by Crippen LogP contribution is -2.37. The van der Waals surface area contributed by atoms with Crippen LogP contribution in [0.25, 0.3) is 10.9 Å². The molecule has 2 atom stereocenters. The number of nitrogens with zero attached hydrogens (tertiary/aromatic N) is 1. The summed E-state index contributed by atoms with van der Waals surface area (Å²) in [5.41, 5.74) is 1.25. The molecular formula is C20H18N2O5. The van der Waals surface area contributed by atoms with Crippen LogP contribution in [0, 0.1) is 11.8 Å². The number of hydrogen-bond acceptors (Lipinski definition) is 5. The van der Waals surface area contributed by atoms with Gasteiger partial charge in [0.05, 0.1) is 11.8 Å². The van der Waals surface area contributed by atoms with Crippen LogP contribution in [-0.4, -0.2) is 46.6 Å². The van der Waals surface area contributed by atoms with Crippen molar-refractivity contribution in [3.05, 3.63) is 48.2 Å². The van der Waals surface area contributed by atoms with Crippen LogP contribution >= 0.6 is 0 Å². The van der Waals surface area contributed by atoms with Crippen molar-refractivity contribution < 1.29 is 23.9 Å². The van der Waals surface area contributed by atoms with E-state index < -0.39 is 19.1 Å². The highest BCUT2D eigenvalue weighted by atomic mass is 16.5. The summed E-state index contributed by atoms with van der Waals surface area (Å²) in [7, 11) is 0. The van der Waals surface area contributed by atoms with E-state index in [1.54, 1.807) is 12.3 Å². The summed E-state index contributed by atoms with van der Waals surface area (Å²) >= 11 is 0. The van der Waals surface area contributed by atoms with Gasteiger partial charge in [-0.25, -0.2) is 0 Å². The van der Waals surface area contributed by atoms with Gasteiger partial charge in [-0.3, -0.25) is 24.1 Å². The second kappa shape index (κ2) is 6.83. The highest BCUT2D eigenvalue weighted by Crippen LogP contribution is 2.34. The van der Waals surface area contributed by atoms with Crippen molar-refractivity contribution >= 4 is 34.5 Å². The average molecular weight is 366 g/mol. The fourth-order valence-corrected chi connectivity index (χ4v) is 3.73. The van der Waals surface area contributed by atoms with E-state index in [4.69, 9.17) is 4.74 Å². The van der Waals surface area contributed by atoms with E-state index in [0.29, 0.717) is 18.4 Å². The molecule has 7 nitrogen and oxygen atoms in total. The van der Waals surface area contributed by atoms with Crippen molar-refractivity contribution in [1.82, 2.24) is 9.88 Å². The second-order valence-corrected chi connectivity index (χ2v) is 6.75. The van der Waals surface area contributed by atoms with Crippen molar-refractivity contribution in [2.45, 2.75) is 12.8 Å². The van der Waals surface area contributed by atoms with Crippen molar-refractivity contribution in [1.29, 1.82) is 0 Å². The number of carbonyl (C=O) groups excluding carboxylic acids is 4. The van der Waals surface area contributed by atoms with Gasteiger partial charge in [0.2, 0.25) is 17.6 Å². The molecule has 0 bridgehead atoms. The number of fused-ring (bicyclic) bond motifs is 2. The summed E-state index contributed by atoms with van der Waals surface area (Å²) in [5.74, 6) is -2.57. The van der Waals surface area contributed by atoms with Crippen LogP contribution in [0.1, 0.15) is 23.2 Å². The molecule has 2 heterocycles. The van der Waals surface area contributed by atoms with Gasteiger partial charge in [0.1, 0.15) is 6.54 Å². The molecule has 0 saturated carbocycles. The molecule has 2 aromatic rings. The Morgan fingerprint density at radius 3 is 2.44 bits per heavy atom. The number of amides is 2. The lowest BCUT2D eigenvalue weighted by atomic mass is 9.85. The SMILES string of the molecule is O=C(CN1C(=O)C2CC=CCC2C1=O)OCC(=O)c1c[nH]c2ccccc12. The van der Waals surface area contributed by atoms with Gasteiger partial charge >= 0.3 is 5.97 Å². The predicted octanol–water partition coefficient (Wildman–Crippen LogP) is 1.84. The minimum Gasteiger partial charge on any atom is -0.456 e. The van der Waals surface area contributed by atoms with Crippen LogP contribution in [0.15, 0.2) is 42.6 Å². The minimum atomic E-state index is -0.767. The molecule has 2 aliphatic rings. The Morgan fingerprint density at radius 1 is 1.07 bits per heavy atom. The maximum atomic E-state index is 12.3. The molecule has 0 radical (unpaired) electrons. The molecule has 2 unspecified atom stereocenters. The maximum absolute atomic E-state index is 12.3. The van der Waals surface area contributed by atoms with Crippen molar-refractivity contribution in [3.8, 4) is 0 Å². The first-order chi connectivity index (χ1) is 13.1. The molecule has 27 heavy (non-hydrogen) atoms. The smallest absolute Gasteiger partial charge is 0.326 e. The van der Waals surface area contributed by atoms with E-state index in [9.17, 15) is 19.2 Å². The molecule has 1 aromatic heterocycles. The fraction of sp³-hybridized carbons (Fsp3) is 0.300. The molecule has 1 saturated heterocycles. The highest BCUT2D eigenvalue weighted by molar-refractivity contribution is 6.09. The molecule has 0 spiro atoms. The van der Waals surface area contributed by atoms with Gasteiger partial charge in [-0.05, 0) is 18.9 Å². The van der Waals surface area contributed by atoms with Crippen molar-refractivity contribution in [2.24, 2.45) is 11.8 Å². The van der Waals surface area contributed by atoms with Crippen LogP contribution in [0.3, 0.4) is 0 Å². The highest BCUT2D eigenvalue weighted by Gasteiger charge is 2.47. The Labute approximate surface area is 155 Å². The van der Waals surface area contributed by atoms with Gasteiger partial charge in [0, 0.05) is 22.7 Å². The number of para-hydroxylation sites is 1. The van der Waals surface area contributed by atoms with Gasteiger partial charge in [-0.15, -0.1) is 0 Å². The monoisotopic (exact) mass is 366 g/mol. The molecule has 1 N–H and O–H groups in total. The zero-order valence-corrected chi connectivity index (χ0v) is 14.5. The van der Waals surface area contributed by atoms with E-state index in [-0.39, 0.29) is 29.4 Å². The molecule has 1 aromatic carbocycles. The first-order valence-electron chi connectivity index (χ1n) is 8.81. The lowest BCUT2D eigenvalue weighted by Gasteiger charge is -2.14. The number of hydrogen-bond donors (Lipinski definition) is 1. The van der Waals surface area contributed by atoms with E-state index >= 15 is 0 Å². The molecule has 138 valence electrons. The van der Waals surface area contributed by atoms with Gasteiger partial charge in [0.25, 0.3) is 0 Å². The Bertz CT molecular complexity index is 948. The summed E-state index contributed by atoms with van der Waals surface area (Å²) in [6.45, 7) is -0.892. The normalized spacial score (nSPS) is 21.6. The zero-order chi connectivity index (χ0) is 19.0. The Kier molecular flexibility index (Phi) is 4.35. The minimum absolute atomic E-state index is 0.339. The van der Waals surface area contributed by atoms with Crippen LogP contribution in [0.5, 0.6) is 0 Å². The average Bonchev–Trinajstić information content (AvgIpc) is 3.22. The van der Waals surface area contributed by atoms with Crippen LogP contribution in [0.4, 0.5) is 0 Å². The standard InChI is InChI=1S/C20H18N2O5/c23-17(15-9-21-16-8-4-3-5-12(15)16)11-27-18(24)10-22-19(25)13-6-1-2-7-14(13)20(22)26/h1-5,8-9,13-14,21H,6-7,10-11H2. The Balaban J connectivity index is 1.37. The van der Waals surface area contributed by atoms with Gasteiger partial charge in [-0.2, -0.15) is 0 Å². The Hall–Kier alpha value is -3.22. The third kappa shape index (κ3) is 3.05. The summed E-state index contributed by atoms with van der Waals surface area (Å²) in [6, 6.07) is 7.32. The number of nitrogens with one attached hydrogen (secondary N) is 1. The second-order valence-electron chi connectivity index (χ2n) is 6.75. The molecule has 1 fully saturated rings. The first kappa shape index (κ1) is 17.2. The number of Topliss-reactive ketones (excluding diaryl/α,β-unsaturated/α-hetero) is 1. The molecule has 4 rings (SSSR count). The van der Waals surface area contributed by atoms with E-state index in [2.05, 4.69) is 4.98 Å². The van der Waals surface area contributed by atoms with Gasteiger partial charge in [-0.1, -0.05) is 30.4 Å². The number of likely N-dealkylation sites (tertiary alicyclic amines) is 1. The number of carbonyl (C=O) groups is 4. The number of ketones is 1. The van der Waals surface area contributed by atoms with Gasteiger partial charge < -0.3 is 9.72 Å². The summed E-state index contributed by atoms with van der Waals surface area (Å²) < 4.78 is 5.02. The quantitative estimate of drug-likeness (QED) is 0.377. The topological polar surface area (TPSA) is 96.5 Å². The number of benzene rings is 1. The lowest BCUT2D eigenvalue weighted by molar-refractivity contribution is -0.152. The summed E-state index contributed by atoms with van der Waals surface area (Å²) in [6.07, 6.45) is 6.37. The predicted molar refractivity (Wildman–Crippen MR) is 95.7 cm³/mol.